The van der Waals surface area contributed by atoms with E-state index in [1.165, 1.54) is 0 Å². The minimum atomic E-state index is -0.723. The van der Waals surface area contributed by atoms with Gasteiger partial charge in [-0.25, -0.2) is 9.59 Å². The summed E-state index contributed by atoms with van der Waals surface area (Å²) in [5, 5.41) is 5.72. The van der Waals surface area contributed by atoms with Gasteiger partial charge in [0.25, 0.3) is 5.91 Å². The molecule has 0 saturated heterocycles. The summed E-state index contributed by atoms with van der Waals surface area (Å²) >= 11 is 12.9. The largest absolute Gasteiger partial charge is 0.482 e. The summed E-state index contributed by atoms with van der Waals surface area (Å²) in [6.07, 6.45) is 0. The first-order valence-electron chi connectivity index (χ1n) is 9.75. The number of halogens is 2. The summed E-state index contributed by atoms with van der Waals surface area (Å²) in [7, 11) is 0. The molecule has 10 heteroatoms. The SMILES string of the molecule is CCOC(=O)c1c(-c2ccc(Cl)cc2)csc1NC(=O)COC(=O)COc1ccc(Cl)cc1. The number of hydrogen-bond acceptors (Lipinski definition) is 7. The lowest BCUT2D eigenvalue weighted by Gasteiger charge is -2.10. The van der Waals surface area contributed by atoms with Crippen LogP contribution in [0.4, 0.5) is 5.00 Å². The van der Waals surface area contributed by atoms with Crippen molar-refractivity contribution in [2.24, 2.45) is 0 Å². The van der Waals surface area contributed by atoms with Crippen molar-refractivity contribution in [3.05, 3.63) is 69.5 Å². The average molecular weight is 508 g/mol. The molecular weight excluding hydrogens is 489 g/mol. The lowest BCUT2D eigenvalue weighted by molar-refractivity contribution is -0.149. The Morgan fingerprint density at radius 3 is 2.18 bits per heavy atom. The quantitative estimate of drug-likeness (QED) is 0.386. The topological polar surface area (TPSA) is 90.9 Å². The molecule has 1 aromatic heterocycles. The highest BCUT2D eigenvalue weighted by Gasteiger charge is 2.23. The Balaban J connectivity index is 1.62. The van der Waals surface area contributed by atoms with E-state index in [4.69, 9.17) is 37.4 Å². The van der Waals surface area contributed by atoms with Crippen LogP contribution in [0.5, 0.6) is 5.75 Å². The molecule has 2 aromatic carbocycles. The molecule has 0 aliphatic rings. The van der Waals surface area contributed by atoms with Crippen LogP contribution in [0.3, 0.4) is 0 Å². The number of hydrogen-bond donors (Lipinski definition) is 1. The van der Waals surface area contributed by atoms with Crippen LogP contribution in [0, 0.1) is 0 Å². The molecule has 0 spiro atoms. The number of carbonyl (C=O) groups excluding carboxylic acids is 3. The maximum atomic E-state index is 12.6. The van der Waals surface area contributed by atoms with Gasteiger partial charge in [-0.05, 0) is 48.9 Å². The Bertz CT molecular complexity index is 1130. The van der Waals surface area contributed by atoms with Crippen LogP contribution in [-0.4, -0.2) is 37.7 Å². The van der Waals surface area contributed by atoms with Gasteiger partial charge in [0.05, 0.1) is 6.61 Å². The summed E-state index contributed by atoms with van der Waals surface area (Å²) in [4.78, 5) is 36.8. The van der Waals surface area contributed by atoms with Crippen LogP contribution in [-0.2, 0) is 19.1 Å². The molecule has 3 rings (SSSR count). The fourth-order valence-corrected chi connectivity index (χ4v) is 3.95. The summed E-state index contributed by atoms with van der Waals surface area (Å²) in [6.45, 7) is 0.950. The van der Waals surface area contributed by atoms with E-state index in [2.05, 4.69) is 5.32 Å². The Morgan fingerprint density at radius 2 is 1.55 bits per heavy atom. The Kier molecular flexibility index (Phi) is 8.71. The zero-order valence-corrected chi connectivity index (χ0v) is 19.8. The van der Waals surface area contributed by atoms with Gasteiger partial charge in [-0.3, -0.25) is 4.79 Å². The minimum Gasteiger partial charge on any atom is -0.482 e. The number of anilines is 1. The molecule has 0 saturated carbocycles. The van der Waals surface area contributed by atoms with Crippen molar-refractivity contribution >= 4 is 57.4 Å². The molecule has 7 nitrogen and oxygen atoms in total. The van der Waals surface area contributed by atoms with Gasteiger partial charge < -0.3 is 19.5 Å². The second-order valence-electron chi connectivity index (χ2n) is 6.53. The van der Waals surface area contributed by atoms with Crippen LogP contribution in [0.25, 0.3) is 11.1 Å². The Labute approximate surface area is 204 Å². The second kappa shape index (κ2) is 11.7. The van der Waals surface area contributed by atoms with Gasteiger partial charge in [0.15, 0.2) is 13.2 Å². The number of benzene rings is 2. The van der Waals surface area contributed by atoms with E-state index in [9.17, 15) is 14.4 Å². The van der Waals surface area contributed by atoms with Gasteiger partial charge in [-0.2, -0.15) is 0 Å². The fourth-order valence-electron chi connectivity index (χ4n) is 2.72. The summed E-state index contributed by atoms with van der Waals surface area (Å²) < 4.78 is 15.4. The lowest BCUT2D eigenvalue weighted by Crippen LogP contribution is -2.24. The van der Waals surface area contributed by atoms with Crippen LogP contribution >= 0.6 is 34.5 Å². The molecule has 1 amide bonds. The van der Waals surface area contributed by atoms with Gasteiger partial charge in [-0.15, -0.1) is 11.3 Å². The van der Waals surface area contributed by atoms with E-state index >= 15 is 0 Å². The molecule has 1 heterocycles. The minimum absolute atomic E-state index is 0.174. The van der Waals surface area contributed by atoms with E-state index in [1.54, 1.807) is 60.8 Å². The number of ether oxygens (including phenoxy) is 3. The van der Waals surface area contributed by atoms with Crippen LogP contribution in [0.15, 0.2) is 53.9 Å². The zero-order valence-electron chi connectivity index (χ0n) is 17.4. The van der Waals surface area contributed by atoms with Crippen LogP contribution in [0.1, 0.15) is 17.3 Å². The van der Waals surface area contributed by atoms with E-state index in [0.717, 1.165) is 16.9 Å². The molecule has 0 aliphatic carbocycles. The first-order chi connectivity index (χ1) is 15.9. The maximum absolute atomic E-state index is 12.6. The summed E-state index contributed by atoms with van der Waals surface area (Å²) in [5.41, 5.74) is 1.55. The van der Waals surface area contributed by atoms with E-state index in [0.29, 0.717) is 21.4 Å². The Hall–Kier alpha value is -3.07. The van der Waals surface area contributed by atoms with Crippen molar-refractivity contribution < 1.29 is 28.6 Å². The standard InChI is InChI=1S/C23H19Cl2NO6S/c1-2-30-23(29)21-18(14-3-5-15(24)6-4-14)13-33-22(21)26-19(27)11-32-20(28)12-31-17-9-7-16(25)8-10-17/h3-10,13H,2,11-12H2,1H3,(H,26,27). The highest BCUT2D eigenvalue weighted by molar-refractivity contribution is 7.15. The van der Waals surface area contributed by atoms with Gasteiger partial charge >= 0.3 is 11.9 Å². The second-order valence-corrected chi connectivity index (χ2v) is 8.28. The van der Waals surface area contributed by atoms with Gasteiger partial charge in [0.2, 0.25) is 0 Å². The third-order valence-corrected chi connectivity index (χ3v) is 5.61. The molecule has 172 valence electrons. The number of carbonyl (C=O) groups is 3. The van der Waals surface area contributed by atoms with Gasteiger partial charge in [-0.1, -0.05) is 35.3 Å². The molecule has 0 aliphatic heterocycles. The highest BCUT2D eigenvalue weighted by atomic mass is 35.5. The van der Waals surface area contributed by atoms with E-state index in [1.807, 2.05) is 0 Å². The van der Waals surface area contributed by atoms with Crippen molar-refractivity contribution in [3.8, 4) is 16.9 Å². The molecule has 0 radical (unpaired) electrons. The van der Waals surface area contributed by atoms with Gasteiger partial charge in [0, 0.05) is 21.0 Å². The molecular formula is C23H19Cl2NO6S. The first-order valence-corrected chi connectivity index (χ1v) is 11.4. The van der Waals surface area contributed by atoms with Crippen molar-refractivity contribution in [1.29, 1.82) is 0 Å². The van der Waals surface area contributed by atoms with Crippen molar-refractivity contribution in [3.63, 3.8) is 0 Å². The number of nitrogens with one attached hydrogen (secondary N) is 1. The van der Waals surface area contributed by atoms with Crippen LogP contribution in [0.2, 0.25) is 10.0 Å². The molecule has 0 unspecified atom stereocenters. The van der Waals surface area contributed by atoms with Crippen LogP contribution < -0.4 is 10.1 Å². The van der Waals surface area contributed by atoms with E-state index in [-0.39, 0.29) is 23.8 Å². The monoisotopic (exact) mass is 507 g/mol. The molecule has 3 aromatic rings. The van der Waals surface area contributed by atoms with E-state index < -0.39 is 24.5 Å². The van der Waals surface area contributed by atoms with Crippen molar-refractivity contribution in [1.82, 2.24) is 0 Å². The zero-order chi connectivity index (χ0) is 23.8. The number of esters is 2. The molecule has 0 fully saturated rings. The third kappa shape index (κ3) is 6.95. The fraction of sp³-hybridized carbons (Fsp3) is 0.174. The smallest absolute Gasteiger partial charge is 0.344 e. The predicted octanol–water partition coefficient (Wildman–Crippen LogP) is 5.46. The third-order valence-electron chi connectivity index (χ3n) is 4.21. The number of thiophene rings is 1. The lowest BCUT2D eigenvalue weighted by atomic mass is 10.0. The first kappa shape index (κ1) is 24.6. The number of amides is 1. The maximum Gasteiger partial charge on any atom is 0.344 e. The normalized spacial score (nSPS) is 10.4. The predicted molar refractivity (Wildman–Crippen MR) is 127 cm³/mol. The molecule has 1 N–H and O–H groups in total. The molecule has 0 bridgehead atoms. The molecule has 33 heavy (non-hydrogen) atoms. The summed E-state index contributed by atoms with van der Waals surface area (Å²) in [6, 6.07) is 13.4. The average Bonchev–Trinajstić information content (AvgIpc) is 3.21. The van der Waals surface area contributed by atoms with Gasteiger partial charge in [0.1, 0.15) is 16.3 Å². The van der Waals surface area contributed by atoms with Crippen molar-refractivity contribution in [2.45, 2.75) is 6.92 Å². The number of rotatable bonds is 9. The summed E-state index contributed by atoms with van der Waals surface area (Å²) in [5.74, 6) is -1.47. The molecule has 0 atom stereocenters. The highest BCUT2D eigenvalue weighted by Crippen LogP contribution is 2.36. The van der Waals surface area contributed by atoms with Crippen molar-refractivity contribution in [2.75, 3.05) is 25.1 Å². The Morgan fingerprint density at radius 1 is 0.909 bits per heavy atom.